The Balaban J connectivity index is 1.50. The van der Waals surface area contributed by atoms with Crippen LogP contribution in [-0.2, 0) is 0 Å². The molecular formula is C26H31ClN4O. The van der Waals surface area contributed by atoms with Gasteiger partial charge in [-0.05, 0) is 62.3 Å². The van der Waals surface area contributed by atoms with Crippen LogP contribution in [0, 0.1) is 0 Å². The summed E-state index contributed by atoms with van der Waals surface area (Å²) >= 11 is 6.76. The van der Waals surface area contributed by atoms with Gasteiger partial charge in [0, 0.05) is 43.7 Å². The third-order valence-corrected chi connectivity index (χ3v) is 7.25. The molecule has 1 saturated carbocycles. The van der Waals surface area contributed by atoms with E-state index < -0.39 is 0 Å². The molecule has 0 spiro atoms. The maximum absolute atomic E-state index is 6.76. The normalized spacial score (nSPS) is 17.1. The second kappa shape index (κ2) is 8.78. The summed E-state index contributed by atoms with van der Waals surface area (Å²) in [4.78, 5) is 14.6. The van der Waals surface area contributed by atoms with Gasteiger partial charge in [-0.3, -0.25) is 0 Å². The number of anilines is 2. The molecule has 0 atom stereocenters. The van der Waals surface area contributed by atoms with Gasteiger partial charge in [0.15, 0.2) is 0 Å². The molecule has 0 N–H and O–H groups in total. The van der Waals surface area contributed by atoms with Gasteiger partial charge in [-0.25, -0.2) is 9.97 Å². The van der Waals surface area contributed by atoms with Crippen molar-refractivity contribution in [3.05, 3.63) is 52.8 Å². The van der Waals surface area contributed by atoms with Crippen LogP contribution in [0.3, 0.4) is 0 Å². The molecule has 3 aromatic rings. The average Bonchev–Trinajstić information content (AvgIpc) is 3.68. The number of hydrogen-bond donors (Lipinski definition) is 0. The molecule has 32 heavy (non-hydrogen) atoms. The molecule has 0 bridgehead atoms. The third kappa shape index (κ3) is 3.99. The number of aromatic nitrogens is 2. The maximum Gasteiger partial charge on any atom is 0.140 e. The highest BCUT2D eigenvalue weighted by Gasteiger charge is 2.30. The Bertz CT molecular complexity index is 1120. The van der Waals surface area contributed by atoms with E-state index in [9.17, 15) is 0 Å². The molecule has 1 saturated heterocycles. The average molecular weight is 451 g/mol. The largest absolute Gasteiger partial charge is 0.496 e. The molecule has 2 aromatic carbocycles. The number of ether oxygens (including phenoxy) is 1. The van der Waals surface area contributed by atoms with E-state index in [2.05, 4.69) is 48.0 Å². The summed E-state index contributed by atoms with van der Waals surface area (Å²) < 4.78 is 5.62. The first-order valence-corrected chi connectivity index (χ1v) is 12.1. The molecule has 2 fully saturated rings. The van der Waals surface area contributed by atoms with Crippen molar-refractivity contribution < 1.29 is 4.74 Å². The predicted octanol–water partition coefficient (Wildman–Crippen LogP) is 6.01. The van der Waals surface area contributed by atoms with Crippen molar-refractivity contribution in [3.8, 4) is 5.75 Å². The van der Waals surface area contributed by atoms with Gasteiger partial charge in [-0.2, -0.15) is 0 Å². The summed E-state index contributed by atoms with van der Waals surface area (Å²) in [6.45, 7) is 4.99. The Morgan fingerprint density at radius 2 is 1.81 bits per heavy atom. The molecule has 1 aliphatic carbocycles. The van der Waals surface area contributed by atoms with Crippen LogP contribution in [0.5, 0.6) is 5.75 Å². The Morgan fingerprint density at radius 1 is 1.06 bits per heavy atom. The summed E-state index contributed by atoms with van der Waals surface area (Å²) in [6, 6.07) is 12.7. The van der Waals surface area contributed by atoms with Gasteiger partial charge in [0.1, 0.15) is 17.4 Å². The van der Waals surface area contributed by atoms with Gasteiger partial charge in [0.05, 0.1) is 17.6 Å². The predicted molar refractivity (Wildman–Crippen MR) is 133 cm³/mol. The first-order chi connectivity index (χ1) is 15.6. The van der Waals surface area contributed by atoms with Gasteiger partial charge in [0.2, 0.25) is 0 Å². The van der Waals surface area contributed by atoms with Crippen LogP contribution in [0.15, 0.2) is 36.4 Å². The number of fused-ring (bicyclic) bond motifs is 1. The standard InChI is InChI=1S/C26H31ClN4O/c1-4-30(2)19-15-21-24(22(27)16-19)28-25(18-9-10-18)29-26(21)31-13-11-17(12-14-31)20-7-5-6-8-23(20)32-3/h5-8,15-18H,4,9-14H2,1-3H3. The Morgan fingerprint density at radius 3 is 2.50 bits per heavy atom. The van der Waals surface area contributed by atoms with Crippen LogP contribution < -0.4 is 14.5 Å². The zero-order chi connectivity index (χ0) is 22.2. The van der Waals surface area contributed by atoms with Crippen molar-refractivity contribution in [2.75, 3.05) is 43.6 Å². The molecule has 0 amide bonds. The number of hydrogen-bond acceptors (Lipinski definition) is 5. The first-order valence-electron chi connectivity index (χ1n) is 11.7. The highest BCUT2D eigenvalue weighted by atomic mass is 35.5. The van der Waals surface area contributed by atoms with Gasteiger partial charge >= 0.3 is 0 Å². The van der Waals surface area contributed by atoms with E-state index in [1.165, 1.54) is 18.4 Å². The fraction of sp³-hybridized carbons (Fsp3) is 0.462. The topological polar surface area (TPSA) is 41.5 Å². The fourth-order valence-corrected chi connectivity index (χ4v) is 5.01. The van der Waals surface area contributed by atoms with Crippen LogP contribution >= 0.6 is 11.6 Å². The summed E-state index contributed by atoms with van der Waals surface area (Å²) in [6.07, 6.45) is 4.50. The van der Waals surface area contributed by atoms with Crippen molar-refractivity contribution in [3.63, 3.8) is 0 Å². The number of piperidine rings is 1. The lowest BCUT2D eigenvalue weighted by Crippen LogP contribution is -2.34. The maximum atomic E-state index is 6.76. The van der Waals surface area contributed by atoms with Crippen molar-refractivity contribution in [1.82, 2.24) is 9.97 Å². The summed E-state index contributed by atoms with van der Waals surface area (Å²) in [7, 11) is 3.85. The lowest BCUT2D eigenvalue weighted by molar-refractivity contribution is 0.397. The number of nitrogens with zero attached hydrogens (tertiary/aromatic N) is 4. The van der Waals surface area contributed by atoms with Crippen molar-refractivity contribution >= 4 is 34.0 Å². The van der Waals surface area contributed by atoms with Gasteiger partial charge in [0.25, 0.3) is 0 Å². The molecule has 5 rings (SSSR count). The smallest absolute Gasteiger partial charge is 0.140 e. The second-order valence-corrected chi connectivity index (χ2v) is 9.43. The zero-order valence-corrected chi connectivity index (χ0v) is 19.9. The molecule has 0 unspecified atom stereocenters. The van der Waals surface area contributed by atoms with Gasteiger partial charge < -0.3 is 14.5 Å². The highest BCUT2D eigenvalue weighted by Crippen LogP contribution is 2.43. The quantitative estimate of drug-likeness (QED) is 0.460. The summed E-state index contributed by atoms with van der Waals surface area (Å²) in [5.74, 6) is 3.98. The van der Waals surface area contributed by atoms with Crippen LogP contribution in [0.1, 0.15) is 55.8 Å². The Kier molecular flexibility index (Phi) is 5.85. The van der Waals surface area contributed by atoms with Crippen molar-refractivity contribution in [2.24, 2.45) is 0 Å². The Hall–Kier alpha value is -2.53. The number of rotatable bonds is 6. The van der Waals surface area contributed by atoms with Crippen LogP contribution in [-0.4, -0.2) is 43.8 Å². The molecule has 0 radical (unpaired) electrons. The number of halogens is 1. The minimum atomic E-state index is 0.485. The zero-order valence-electron chi connectivity index (χ0n) is 19.1. The van der Waals surface area contributed by atoms with Crippen LogP contribution in [0.25, 0.3) is 10.9 Å². The SMILES string of the molecule is CCN(C)c1cc(Cl)c2nc(C3CC3)nc(N3CCC(c4ccccc4OC)CC3)c2c1. The summed E-state index contributed by atoms with van der Waals surface area (Å²) in [5.41, 5.74) is 3.31. The lowest BCUT2D eigenvalue weighted by Gasteiger charge is -2.34. The lowest BCUT2D eigenvalue weighted by atomic mass is 9.88. The molecule has 6 heteroatoms. The minimum absolute atomic E-state index is 0.485. The highest BCUT2D eigenvalue weighted by molar-refractivity contribution is 6.35. The van der Waals surface area contributed by atoms with Crippen LogP contribution in [0.2, 0.25) is 5.02 Å². The van der Waals surface area contributed by atoms with Gasteiger partial charge in [-0.15, -0.1) is 0 Å². The van der Waals surface area contributed by atoms with Crippen molar-refractivity contribution in [1.29, 1.82) is 0 Å². The van der Waals surface area contributed by atoms with E-state index in [0.717, 1.165) is 66.5 Å². The van der Waals surface area contributed by atoms with E-state index in [4.69, 9.17) is 26.3 Å². The third-order valence-electron chi connectivity index (χ3n) is 6.97. The molecular weight excluding hydrogens is 420 g/mol. The number of methoxy groups -OCH3 is 1. The molecule has 5 nitrogen and oxygen atoms in total. The minimum Gasteiger partial charge on any atom is -0.496 e. The van der Waals surface area contributed by atoms with E-state index in [1.54, 1.807) is 7.11 Å². The molecule has 2 heterocycles. The van der Waals surface area contributed by atoms with E-state index >= 15 is 0 Å². The summed E-state index contributed by atoms with van der Waals surface area (Å²) in [5, 5.41) is 1.78. The Labute approximate surface area is 195 Å². The van der Waals surface area contributed by atoms with Gasteiger partial charge in [-0.1, -0.05) is 29.8 Å². The van der Waals surface area contributed by atoms with E-state index in [1.807, 2.05) is 12.1 Å². The first kappa shape index (κ1) is 21.3. The second-order valence-electron chi connectivity index (χ2n) is 9.02. The monoisotopic (exact) mass is 450 g/mol. The molecule has 1 aromatic heterocycles. The number of benzene rings is 2. The molecule has 1 aliphatic heterocycles. The van der Waals surface area contributed by atoms with Crippen LogP contribution in [0.4, 0.5) is 11.5 Å². The number of para-hydroxylation sites is 1. The molecule has 168 valence electrons. The van der Waals surface area contributed by atoms with E-state index in [-0.39, 0.29) is 0 Å². The van der Waals surface area contributed by atoms with Crippen molar-refractivity contribution in [2.45, 2.75) is 44.4 Å². The fourth-order valence-electron chi connectivity index (χ4n) is 4.75. The van der Waals surface area contributed by atoms with E-state index in [0.29, 0.717) is 16.9 Å². The molecule has 2 aliphatic rings.